The molecule has 0 spiro atoms. The summed E-state index contributed by atoms with van der Waals surface area (Å²) in [5.41, 5.74) is 5.92. The van der Waals surface area contributed by atoms with Gasteiger partial charge in [0.15, 0.2) is 0 Å². The second-order valence-corrected chi connectivity index (χ2v) is 6.71. The molecular weight excluding hydrogens is 336 g/mol. The van der Waals surface area contributed by atoms with Crippen molar-refractivity contribution in [2.24, 2.45) is 0 Å². The van der Waals surface area contributed by atoms with Gasteiger partial charge in [0.25, 0.3) is 0 Å². The summed E-state index contributed by atoms with van der Waals surface area (Å²) in [6, 6.07) is 23.8. The van der Waals surface area contributed by atoms with Crippen LogP contribution in [0.15, 0.2) is 72.8 Å². The highest BCUT2D eigenvalue weighted by atomic mass is 16.2. The van der Waals surface area contributed by atoms with Crippen LogP contribution in [0.3, 0.4) is 0 Å². The fourth-order valence-electron chi connectivity index (χ4n) is 3.30. The summed E-state index contributed by atoms with van der Waals surface area (Å²) in [7, 11) is 0. The van der Waals surface area contributed by atoms with Crippen molar-refractivity contribution in [1.29, 1.82) is 0 Å². The minimum atomic E-state index is -0.0535. The van der Waals surface area contributed by atoms with Crippen molar-refractivity contribution in [3.05, 3.63) is 83.9 Å². The van der Waals surface area contributed by atoms with Crippen LogP contribution in [0.1, 0.15) is 17.5 Å². The van der Waals surface area contributed by atoms with E-state index in [-0.39, 0.29) is 11.8 Å². The van der Waals surface area contributed by atoms with E-state index in [1.165, 1.54) is 0 Å². The smallest absolute Gasteiger partial charge is 0.228 e. The molecule has 1 aliphatic rings. The molecule has 0 fully saturated rings. The van der Waals surface area contributed by atoms with Crippen molar-refractivity contribution in [3.8, 4) is 11.1 Å². The zero-order valence-electron chi connectivity index (χ0n) is 14.9. The molecule has 0 aromatic heterocycles. The maximum absolute atomic E-state index is 12.4. The predicted octanol–water partition coefficient (Wildman–Crippen LogP) is 4.42. The third kappa shape index (κ3) is 4.06. The fraction of sp³-hybridized carbons (Fsp3) is 0.130. The molecule has 0 unspecified atom stereocenters. The number of hydrogen-bond acceptors (Lipinski definition) is 2. The molecule has 0 saturated carbocycles. The fourth-order valence-corrected chi connectivity index (χ4v) is 3.30. The third-order valence-electron chi connectivity index (χ3n) is 4.71. The van der Waals surface area contributed by atoms with Crippen molar-refractivity contribution in [2.75, 3.05) is 10.6 Å². The first kappa shape index (κ1) is 17.0. The van der Waals surface area contributed by atoms with Crippen molar-refractivity contribution >= 4 is 23.2 Å². The van der Waals surface area contributed by atoms with Crippen LogP contribution in [-0.2, 0) is 22.4 Å². The van der Waals surface area contributed by atoms with Crippen molar-refractivity contribution in [2.45, 2.75) is 19.3 Å². The molecule has 4 heteroatoms. The summed E-state index contributed by atoms with van der Waals surface area (Å²) in [4.78, 5) is 23.8. The molecule has 1 heterocycles. The van der Waals surface area contributed by atoms with E-state index < -0.39 is 0 Å². The summed E-state index contributed by atoms with van der Waals surface area (Å²) in [6.07, 6.45) is 1.51. The monoisotopic (exact) mass is 356 g/mol. The SMILES string of the molecule is O=C(Cc1ccc(-c2ccccc2)cc1)Nc1ccc2c(c1)CCC(=O)N2. The van der Waals surface area contributed by atoms with E-state index in [4.69, 9.17) is 0 Å². The molecule has 134 valence electrons. The van der Waals surface area contributed by atoms with Gasteiger partial charge in [-0.3, -0.25) is 9.59 Å². The Morgan fingerprint density at radius 1 is 0.889 bits per heavy atom. The van der Waals surface area contributed by atoms with E-state index in [1.807, 2.05) is 60.7 Å². The van der Waals surface area contributed by atoms with Gasteiger partial charge in [0, 0.05) is 17.8 Å². The first-order valence-electron chi connectivity index (χ1n) is 9.04. The van der Waals surface area contributed by atoms with Gasteiger partial charge in [-0.05, 0) is 46.9 Å². The van der Waals surface area contributed by atoms with Gasteiger partial charge in [0.05, 0.1) is 6.42 Å². The number of aryl methyl sites for hydroxylation is 1. The highest BCUT2D eigenvalue weighted by Crippen LogP contribution is 2.26. The zero-order chi connectivity index (χ0) is 18.6. The lowest BCUT2D eigenvalue weighted by atomic mass is 10.0. The normalized spacial score (nSPS) is 12.8. The van der Waals surface area contributed by atoms with E-state index in [2.05, 4.69) is 22.8 Å². The second kappa shape index (κ2) is 7.46. The molecule has 27 heavy (non-hydrogen) atoms. The summed E-state index contributed by atoms with van der Waals surface area (Å²) in [5, 5.41) is 5.79. The van der Waals surface area contributed by atoms with Crippen LogP contribution in [0.25, 0.3) is 11.1 Å². The number of anilines is 2. The Morgan fingerprint density at radius 3 is 2.41 bits per heavy atom. The van der Waals surface area contributed by atoms with Gasteiger partial charge < -0.3 is 10.6 Å². The van der Waals surface area contributed by atoms with Gasteiger partial charge in [-0.25, -0.2) is 0 Å². The molecule has 4 rings (SSSR count). The van der Waals surface area contributed by atoms with Crippen LogP contribution in [0, 0.1) is 0 Å². The first-order chi connectivity index (χ1) is 13.2. The lowest BCUT2D eigenvalue weighted by Gasteiger charge is -2.17. The molecule has 0 saturated heterocycles. The van der Waals surface area contributed by atoms with E-state index in [9.17, 15) is 9.59 Å². The Bertz CT molecular complexity index is 979. The van der Waals surface area contributed by atoms with Crippen LogP contribution in [0.2, 0.25) is 0 Å². The van der Waals surface area contributed by atoms with Gasteiger partial charge >= 0.3 is 0 Å². The highest BCUT2D eigenvalue weighted by molar-refractivity contribution is 5.96. The van der Waals surface area contributed by atoms with Gasteiger partial charge in [0.2, 0.25) is 11.8 Å². The zero-order valence-corrected chi connectivity index (χ0v) is 14.9. The Hall–Kier alpha value is -3.40. The average molecular weight is 356 g/mol. The van der Waals surface area contributed by atoms with E-state index >= 15 is 0 Å². The lowest BCUT2D eigenvalue weighted by molar-refractivity contribution is -0.117. The Labute approximate surface area is 158 Å². The van der Waals surface area contributed by atoms with E-state index in [1.54, 1.807) is 0 Å². The summed E-state index contributed by atoms with van der Waals surface area (Å²) in [6.45, 7) is 0. The summed E-state index contributed by atoms with van der Waals surface area (Å²) >= 11 is 0. The minimum absolute atomic E-state index is 0.0400. The number of rotatable bonds is 4. The van der Waals surface area contributed by atoms with Crippen LogP contribution in [0.5, 0.6) is 0 Å². The van der Waals surface area contributed by atoms with Crippen molar-refractivity contribution < 1.29 is 9.59 Å². The van der Waals surface area contributed by atoms with Gasteiger partial charge in [0.1, 0.15) is 0 Å². The number of fused-ring (bicyclic) bond motifs is 1. The molecule has 0 radical (unpaired) electrons. The maximum Gasteiger partial charge on any atom is 0.228 e. The van der Waals surface area contributed by atoms with Crippen molar-refractivity contribution in [3.63, 3.8) is 0 Å². The van der Waals surface area contributed by atoms with Crippen LogP contribution in [0.4, 0.5) is 11.4 Å². The quantitative estimate of drug-likeness (QED) is 0.727. The Balaban J connectivity index is 1.40. The molecular formula is C23H20N2O2. The molecule has 3 aromatic rings. The number of carbonyl (C=O) groups is 2. The number of hydrogen-bond donors (Lipinski definition) is 2. The molecule has 0 atom stereocenters. The first-order valence-corrected chi connectivity index (χ1v) is 9.04. The summed E-state index contributed by atoms with van der Waals surface area (Å²) < 4.78 is 0. The van der Waals surface area contributed by atoms with Crippen LogP contribution < -0.4 is 10.6 Å². The maximum atomic E-state index is 12.4. The lowest BCUT2D eigenvalue weighted by Crippen LogP contribution is -2.19. The molecule has 2 amide bonds. The molecule has 4 nitrogen and oxygen atoms in total. The second-order valence-electron chi connectivity index (χ2n) is 6.71. The average Bonchev–Trinajstić information content (AvgIpc) is 2.69. The van der Waals surface area contributed by atoms with Gasteiger partial charge in [-0.1, -0.05) is 54.6 Å². The molecule has 2 N–H and O–H groups in total. The number of amides is 2. The van der Waals surface area contributed by atoms with E-state index in [0.29, 0.717) is 19.3 Å². The van der Waals surface area contributed by atoms with Gasteiger partial charge in [-0.2, -0.15) is 0 Å². The topological polar surface area (TPSA) is 58.2 Å². The van der Waals surface area contributed by atoms with Crippen molar-refractivity contribution in [1.82, 2.24) is 0 Å². The van der Waals surface area contributed by atoms with Crippen LogP contribution in [-0.4, -0.2) is 11.8 Å². The number of benzene rings is 3. The third-order valence-corrected chi connectivity index (χ3v) is 4.71. The number of nitrogens with one attached hydrogen (secondary N) is 2. The predicted molar refractivity (Wildman–Crippen MR) is 108 cm³/mol. The van der Waals surface area contributed by atoms with Gasteiger partial charge in [-0.15, -0.1) is 0 Å². The van der Waals surface area contributed by atoms with Crippen LogP contribution >= 0.6 is 0 Å². The summed E-state index contributed by atoms with van der Waals surface area (Å²) in [5.74, 6) is -0.0134. The number of carbonyl (C=O) groups excluding carboxylic acids is 2. The van der Waals surface area contributed by atoms with E-state index in [0.717, 1.165) is 33.6 Å². The molecule has 0 aliphatic carbocycles. The largest absolute Gasteiger partial charge is 0.326 e. The standard InChI is InChI=1S/C23H20N2O2/c26-22-13-10-19-15-20(11-12-21(19)25-22)24-23(27)14-16-6-8-18(9-7-16)17-4-2-1-3-5-17/h1-9,11-12,15H,10,13-14H2,(H,24,27)(H,25,26). The Kier molecular flexibility index (Phi) is 4.71. The highest BCUT2D eigenvalue weighted by Gasteiger charge is 2.15. The molecule has 0 bridgehead atoms. The molecule has 3 aromatic carbocycles. The Morgan fingerprint density at radius 2 is 1.63 bits per heavy atom. The molecule has 1 aliphatic heterocycles. The minimum Gasteiger partial charge on any atom is -0.326 e.